The summed E-state index contributed by atoms with van der Waals surface area (Å²) in [4.78, 5) is 10.8. The predicted molar refractivity (Wildman–Crippen MR) is 54.8 cm³/mol. The second-order valence-electron chi connectivity index (χ2n) is 2.96. The lowest BCUT2D eigenvalue weighted by atomic mass is 10.3. The molecule has 0 aliphatic carbocycles. The maximum Gasteiger partial charge on any atom is 0.352 e. The Morgan fingerprint density at radius 3 is 3.00 bits per heavy atom. The normalized spacial score (nSPS) is 10.3. The number of hydrogen-bond donors (Lipinski definition) is 1. The first kappa shape index (κ1) is 9.02. The Morgan fingerprint density at radius 1 is 1.50 bits per heavy atom. The summed E-state index contributed by atoms with van der Waals surface area (Å²) in [6, 6.07) is 5.35. The third kappa shape index (κ3) is 1.70. The topological polar surface area (TPSA) is 42.2 Å². The molecule has 0 spiro atoms. The van der Waals surface area contributed by atoms with E-state index in [9.17, 15) is 4.79 Å². The Hall–Kier alpha value is -1.55. The quantitative estimate of drug-likeness (QED) is 0.839. The van der Waals surface area contributed by atoms with Crippen LogP contribution in [0, 0.1) is 0 Å². The zero-order valence-electron chi connectivity index (χ0n) is 7.38. The van der Waals surface area contributed by atoms with Crippen molar-refractivity contribution in [1.29, 1.82) is 0 Å². The molecule has 2 aromatic heterocycles. The van der Waals surface area contributed by atoms with Crippen molar-refractivity contribution in [2.24, 2.45) is 0 Å². The molecule has 0 aliphatic heterocycles. The smallest absolute Gasteiger partial charge is 0.352 e. The molecule has 3 nitrogen and oxygen atoms in total. The molecule has 4 heteroatoms. The Bertz CT molecular complexity index is 431. The van der Waals surface area contributed by atoms with Crippen molar-refractivity contribution in [1.82, 2.24) is 4.57 Å². The monoisotopic (exact) mass is 207 g/mol. The minimum absolute atomic E-state index is 0.330. The van der Waals surface area contributed by atoms with Gasteiger partial charge in [0.05, 0.1) is 0 Å². The van der Waals surface area contributed by atoms with Crippen molar-refractivity contribution < 1.29 is 9.90 Å². The van der Waals surface area contributed by atoms with Gasteiger partial charge in [0, 0.05) is 12.7 Å². The van der Waals surface area contributed by atoms with E-state index in [2.05, 4.69) is 0 Å². The third-order valence-electron chi connectivity index (χ3n) is 1.98. The molecule has 0 saturated heterocycles. The molecule has 1 N–H and O–H groups in total. The summed E-state index contributed by atoms with van der Waals surface area (Å²) in [5, 5.41) is 12.9. The van der Waals surface area contributed by atoms with E-state index in [0.29, 0.717) is 12.2 Å². The van der Waals surface area contributed by atoms with E-state index in [1.165, 1.54) is 0 Å². The molecule has 2 aromatic rings. The van der Waals surface area contributed by atoms with Crippen molar-refractivity contribution in [2.75, 3.05) is 0 Å². The highest BCUT2D eigenvalue weighted by Gasteiger charge is 2.08. The van der Waals surface area contributed by atoms with Crippen LogP contribution in [-0.4, -0.2) is 15.6 Å². The molecule has 2 heterocycles. The molecular formula is C10H9NO2S. The zero-order valence-corrected chi connectivity index (χ0v) is 8.20. The van der Waals surface area contributed by atoms with Gasteiger partial charge in [-0.3, -0.25) is 0 Å². The van der Waals surface area contributed by atoms with E-state index in [4.69, 9.17) is 5.11 Å². The molecule has 0 amide bonds. The highest BCUT2D eigenvalue weighted by Crippen LogP contribution is 2.10. The van der Waals surface area contributed by atoms with Gasteiger partial charge in [0.1, 0.15) is 5.69 Å². The molecule has 0 radical (unpaired) electrons. The van der Waals surface area contributed by atoms with Gasteiger partial charge in [-0.1, -0.05) is 0 Å². The maximum absolute atomic E-state index is 10.8. The first-order valence-corrected chi connectivity index (χ1v) is 5.11. The Kier molecular flexibility index (Phi) is 2.37. The van der Waals surface area contributed by atoms with Crippen LogP contribution in [0.3, 0.4) is 0 Å². The summed E-state index contributed by atoms with van der Waals surface area (Å²) in [6.07, 6.45) is 1.78. The summed E-state index contributed by atoms with van der Waals surface area (Å²) >= 11 is 1.61. The van der Waals surface area contributed by atoms with Crippen molar-refractivity contribution in [3.8, 4) is 0 Å². The number of nitrogens with zero attached hydrogens (tertiary/aromatic N) is 1. The first-order valence-electron chi connectivity index (χ1n) is 4.17. The van der Waals surface area contributed by atoms with Gasteiger partial charge in [-0.15, -0.1) is 0 Å². The van der Waals surface area contributed by atoms with Gasteiger partial charge in [0.2, 0.25) is 0 Å². The zero-order chi connectivity index (χ0) is 9.97. The number of carbonyl (C=O) groups is 1. The number of carboxylic acid groups (broad SMARTS) is 1. The van der Waals surface area contributed by atoms with Gasteiger partial charge >= 0.3 is 5.97 Å². The molecule has 0 aromatic carbocycles. The standard InChI is InChI=1S/C10H9NO2S/c12-10(13)9-2-1-4-11(9)6-8-3-5-14-7-8/h1-5,7H,6H2,(H,12,13). The lowest BCUT2D eigenvalue weighted by Gasteiger charge is -2.03. The van der Waals surface area contributed by atoms with Crippen LogP contribution in [0.2, 0.25) is 0 Å². The summed E-state index contributed by atoms with van der Waals surface area (Å²) in [5.41, 5.74) is 1.46. The predicted octanol–water partition coefficient (Wildman–Crippen LogP) is 2.30. The van der Waals surface area contributed by atoms with Crippen molar-refractivity contribution in [3.05, 3.63) is 46.4 Å². The average molecular weight is 207 g/mol. The fourth-order valence-electron chi connectivity index (χ4n) is 1.33. The summed E-state index contributed by atoms with van der Waals surface area (Å²) in [6.45, 7) is 0.623. The lowest BCUT2D eigenvalue weighted by Crippen LogP contribution is -2.07. The second-order valence-corrected chi connectivity index (χ2v) is 3.74. The van der Waals surface area contributed by atoms with Crippen LogP contribution in [-0.2, 0) is 6.54 Å². The van der Waals surface area contributed by atoms with Crippen LogP contribution in [0.4, 0.5) is 0 Å². The number of thiophene rings is 1. The molecule has 14 heavy (non-hydrogen) atoms. The lowest BCUT2D eigenvalue weighted by molar-refractivity contribution is 0.0686. The highest BCUT2D eigenvalue weighted by molar-refractivity contribution is 7.07. The molecule has 0 fully saturated rings. The van der Waals surface area contributed by atoms with Crippen LogP contribution in [0.5, 0.6) is 0 Å². The average Bonchev–Trinajstić information content (AvgIpc) is 2.75. The minimum Gasteiger partial charge on any atom is -0.477 e. The molecule has 2 rings (SSSR count). The maximum atomic E-state index is 10.8. The molecular weight excluding hydrogens is 198 g/mol. The van der Waals surface area contributed by atoms with Crippen LogP contribution < -0.4 is 0 Å². The van der Waals surface area contributed by atoms with Gasteiger partial charge < -0.3 is 9.67 Å². The van der Waals surface area contributed by atoms with Crippen LogP contribution in [0.25, 0.3) is 0 Å². The number of carboxylic acids is 1. The fourth-order valence-corrected chi connectivity index (χ4v) is 1.99. The molecule has 0 atom stereocenters. The van der Waals surface area contributed by atoms with Crippen molar-refractivity contribution in [3.63, 3.8) is 0 Å². The number of hydrogen-bond acceptors (Lipinski definition) is 2. The fraction of sp³-hybridized carbons (Fsp3) is 0.100. The van der Waals surface area contributed by atoms with Crippen molar-refractivity contribution >= 4 is 17.3 Å². The highest BCUT2D eigenvalue weighted by atomic mass is 32.1. The molecule has 0 unspecified atom stereocenters. The molecule has 0 aliphatic rings. The minimum atomic E-state index is -0.884. The molecule has 0 saturated carbocycles. The van der Waals surface area contributed by atoms with E-state index in [1.54, 1.807) is 34.2 Å². The van der Waals surface area contributed by atoms with Gasteiger partial charge in [0.15, 0.2) is 0 Å². The largest absolute Gasteiger partial charge is 0.477 e. The van der Waals surface area contributed by atoms with Crippen LogP contribution >= 0.6 is 11.3 Å². The van der Waals surface area contributed by atoms with Crippen LogP contribution in [0.15, 0.2) is 35.2 Å². The Morgan fingerprint density at radius 2 is 2.36 bits per heavy atom. The van der Waals surface area contributed by atoms with E-state index in [0.717, 1.165) is 5.56 Å². The second kappa shape index (κ2) is 3.67. The number of aromatic carboxylic acids is 1. The van der Waals surface area contributed by atoms with Gasteiger partial charge in [-0.25, -0.2) is 4.79 Å². The van der Waals surface area contributed by atoms with Crippen molar-refractivity contribution in [2.45, 2.75) is 6.54 Å². The van der Waals surface area contributed by atoms with E-state index >= 15 is 0 Å². The number of aromatic nitrogens is 1. The summed E-state index contributed by atoms with van der Waals surface area (Å²) in [7, 11) is 0. The van der Waals surface area contributed by atoms with E-state index in [1.807, 2.05) is 16.8 Å². The third-order valence-corrected chi connectivity index (χ3v) is 2.71. The van der Waals surface area contributed by atoms with Crippen LogP contribution in [0.1, 0.15) is 16.1 Å². The summed E-state index contributed by atoms with van der Waals surface area (Å²) < 4.78 is 1.73. The Balaban J connectivity index is 2.25. The Labute approximate surface area is 85.2 Å². The van der Waals surface area contributed by atoms with Gasteiger partial charge in [-0.2, -0.15) is 11.3 Å². The van der Waals surface area contributed by atoms with E-state index < -0.39 is 5.97 Å². The molecule has 0 bridgehead atoms. The molecule has 72 valence electrons. The summed E-state index contributed by atoms with van der Waals surface area (Å²) in [5.74, 6) is -0.884. The SMILES string of the molecule is O=C(O)c1cccn1Cc1ccsc1. The van der Waals surface area contributed by atoms with Gasteiger partial charge in [-0.05, 0) is 34.5 Å². The van der Waals surface area contributed by atoms with Gasteiger partial charge in [0.25, 0.3) is 0 Å². The first-order chi connectivity index (χ1) is 6.77. The van der Waals surface area contributed by atoms with E-state index in [-0.39, 0.29) is 0 Å². The number of rotatable bonds is 3.